The highest BCUT2D eigenvalue weighted by molar-refractivity contribution is 9.10. The van der Waals surface area contributed by atoms with E-state index in [-0.39, 0.29) is 19.0 Å². The Morgan fingerprint density at radius 3 is 2.88 bits per heavy atom. The number of halogens is 1. The first kappa shape index (κ1) is 17.7. The van der Waals surface area contributed by atoms with E-state index in [2.05, 4.69) is 22.0 Å². The van der Waals surface area contributed by atoms with Crippen LogP contribution in [0.4, 0.5) is 0 Å². The van der Waals surface area contributed by atoms with Crippen LogP contribution in [0.25, 0.3) is 5.57 Å². The number of fused-ring (bicyclic) bond motifs is 2. The molecule has 0 saturated carbocycles. The standard InChI is InChI=1S/C20H19BrO4/c1-24-20(23)10-13-4-7-19-18(9-13)16(3-2-8-22)17-11-15(21)6-5-14(17)12-25-19/h3-7,9,11,22H,2,8,10,12H2,1H3/b16-3-. The second kappa shape index (κ2) is 7.85. The second-order valence-electron chi connectivity index (χ2n) is 5.80. The van der Waals surface area contributed by atoms with Crippen molar-refractivity contribution in [2.75, 3.05) is 13.7 Å². The fraction of sp³-hybridized carbons (Fsp3) is 0.250. The summed E-state index contributed by atoms with van der Waals surface area (Å²) in [6.45, 7) is 0.549. The van der Waals surface area contributed by atoms with Gasteiger partial charge in [-0.1, -0.05) is 34.1 Å². The lowest BCUT2D eigenvalue weighted by molar-refractivity contribution is -0.139. The molecule has 1 aliphatic rings. The zero-order valence-corrected chi connectivity index (χ0v) is 15.5. The maximum atomic E-state index is 11.6. The van der Waals surface area contributed by atoms with Crippen LogP contribution in [0.2, 0.25) is 0 Å². The van der Waals surface area contributed by atoms with Gasteiger partial charge in [-0.15, -0.1) is 0 Å². The second-order valence-corrected chi connectivity index (χ2v) is 6.72. The van der Waals surface area contributed by atoms with E-state index in [4.69, 9.17) is 9.47 Å². The van der Waals surface area contributed by atoms with Crippen molar-refractivity contribution in [3.63, 3.8) is 0 Å². The number of carbonyl (C=O) groups is 1. The SMILES string of the molecule is COC(=O)Cc1ccc2c(c1)/C(=C\CCO)c1cc(Br)ccc1CO2. The minimum atomic E-state index is -0.279. The molecule has 0 fully saturated rings. The largest absolute Gasteiger partial charge is 0.488 e. The zero-order chi connectivity index (χ0) is 17.8. The first-order valence-corrected chi connectivity index (χ1v) is 8.84. The number of hydrogen-bond donors (Lipinski definition) is 1. The number of rotatable bonds is 4. The molecule has 25 heavy (non-hydrogen) atoms. The predicted molar refractivity (Wildman–Crippen MR) is 99.4 cm³/mol. The Hall–Kier alpha value is -2.11. The lowest BCUT2D eigenvalue weighted by Crippen LogP contribution is -2.05. The van der Waals surface area contributed by atoms with Crippen molar-refractivity contribution in [1.82, 2.24) is 0 Å². The minimum absolute atomic E-state index is 0.0743. The third-order valence-electron chi connectivity index (χ3n) is 4.13. The number of ether oxygens (including phenoxy) is 2. The van der Waals surface area contributed by atoms with Crippen LogP contribution in [0.5, 0.6) is 5.75 Å². The van der Waals surface area contributed by atoms with Gasteiger partial charge in [0.1, 0.15) is 12.4 Å². The summed E-state index contributed by atoms with van der Waals surface area (Å²) in [6.07, 6.45) is 2.77. The number of esters is 1. The maximum Gasteiger partial charge on any atom is 0.309 e. The van der Waals surface area contributed by atoms with Gasteiger partial charge in [-0.3, -0.25) is 4.79 Å². The van der Waals surface area contributed by atoms with Gasteiger partial charge in [-0.05, 0) is 52.9 Å². The number of hydrogen-bond acceptors (Lipinski definition) is 4. The summed E-state index contributed by atoms with van der Waals surface area (Å²) < 4.78 is 11.7. The highest BCUT2D eigenvalue weighted by atomic mass is 79.9. The minimum Gasteiger partial charge on any atom is -0.488 e. The van der Waals surface area contributed by atoms with Crippen molar-refractivity contribution in [3.05, 3.63) is 69.2 Å². The maximum absolute atomic E-state index is 11.6. The molecule has 4 nitrogen and oxygen atoms in total. The van der Waals surface area contributed by atoms with Crippen LogP contribution in [0.15, 0.2) is 46.9 Å². The quantitative estimate of drug-likeness (QED) is 0.788. The normalized spacial score (nSPS) is 14.3. The third kappa shape index (κ3) is 3.94. The molecule has 130 valence electrons. The summed E-state index contributed by atoms with van der Waals surface area (Å²) in [5, 5.41) is 9.28. The van der Waals surface area contributed by atoms with E-state index < -0.39 is 0 Å². The van der Waals surface area contributed by atoms with Gasteiger partial charge in [-0.25, -0.2) is 0 Å². The van der Waals surface area contributed by atoms with Crippen LogP contribution in [0.3, 0.4) is 0 Å². The highest BCUT2D eigenvalue weighted by Crippen LogP contribution is 2.38. The summed E-state index contributed by atoms with van der Waals surface area (Å²) in [7, 11) is 1.38. The van der Waals surface area contributed by atoms with Gasteiger partial charge in [0.15, 0.2) is 0 Å². The molecule has 2 aromatic carbocycles. The first-order valence-electron chi connectivity index (χ1n) is 8.05. The molecule has 0 bridgehead atoms. The predicted octanol–water partition coefficient (Wildman–Crippen LogP) is 3.87. The Morgan fingerprint density at radius 1 is 1.28 bits per heavy atom. The Bertz CT molecular complexity index is 826. The van der Waals surface area contributed by atoms with E-state index in [0.717, 1.165) is 38.0 Å². The van der Waals surface area contributed by atoms with Crippen LogP contribution < -0.4 is 4.74 Å². The molecule has 2 aromatic rings. The average molecular weight is 403 g/mol. The molecule has 0 saturated heterocycles. The molecular formula is C20H19BrO4. The molecule has 0 spiro atoms. The Morgan fingerprint density at radius 2 is 2.12 bits per heavy atom. The topological polar surface area (TPSA) is 55.8 Å². The van der Waals surface area contributed by atoms with Gasteiger partial charge in [0.25, 0.3) is 0 Å². The van der Waals surface area contributed by atoms with Crippen molar-refractivity contribution >= 4 is 27.5 Å². The molecule has 0 aromatic heterocycles. The molecule has 0 radical (unpaired) electrons. The van der Waals surface area contributed by atoms with Crippen molar-refractivity contribution in [1.29, 1.82) is 0 Å². The lowest BCUT2D eigenvalue weighted by Gasteiger charge is -2.12. The van der Waals surface area contributed by atoms with Crippen molar-refractivity contribution in [3.8, 4) is 5.75 Å². The van der Waals surface area contributed by atoms with Crippen molar-refractivity contribution in [2.45, 2.75) is 19.4 Å². The van der Waals surface area contributed by atoms with Crippen LogP contribution >= 0.6 is 15.9 Å². The Balaban J connectivity index is 2.12. The van der Waals surface area contributed by atoms with E-state index in [1.165, 1.54) is 7.11 Å². The molecule has 0 amide bonds. The van der Waals surface area contributed by atoms with Crippen LogP contribution in [0.1, 0.15) is 28.7 Å². The molecule has 1 N–H and O–H groups in total. The van der Waals surface area contributed by atoms with Gasteiger partial charge >= 0.3 is 5.97 Å². The number of aliphatic hydroxyl groups excluding tert-OH is 1. The summed E-state index contributed by atoms with van der Waals surface area (Å²) >= 11 is 3.53. The molecule has 0 unspecified atom stereocenters. The molecular weight excluding hydrogens is 384 g/mol. The van der Waals surface area contributed by atoms with Gasteiger partial charge < -0.3 is 14.6 Å². The van der Waals surface area contributed by atoms with Crippen LogP contribution in [0, 0.1) is 0 Å². The Kier molecular flexibility index (Phi) is 5.56. The molecule has 1 aliphatic heterocycles. The van der Waals surface area contributed by atoms with Gasteiger partial charge in [0.05, 0.1) is 13.5 Å². The molecule has 3 rings (SSSR count). The third-order valence-corrected chi connectivity index (χ3v) is 4.63. The van der Waals surface area contributed by atoms with Gasteiger partial charge in [0.2, 0.25) is 0 Å². The monoisotopic (exact) mass is 402 g/mol. The van der Waals surface area contributed by atoms with E-state index >= 15 is 0 Å². The molecule has 0 aliphatic carbocycles. The zero-order valence-electron chi connectivity index (χ0n) is 13.9. The fourth-order valence-electron chi connectivity index (χ4n) is 2.92. The highest BCUT2D eigenvalue weighted by Gasteiger charge is 2.20. The van der Waals surface area contributed by atoms with E-state index in [0.29, 0.717) is 13.0 Å². The fourth-order valence-corrected chi connectivity index (χ4v) is 3.28. The number of methoxy groups -OCH3 is 1. The summed E-state index contributed by atoms with van der Waals surface area (Å²) in [5.41, 5.74) is 4.94. The summed E-state index contributed by atoms with van der Waals surface area (Å²) in [5.74, 6) is 0.489. The van der Waals surface area contributed by atoms with Gasteiger partial charge in [-0.2, -0.15) is 0 Å². The summed E-state index contributed by atoms with van der Waals surface area (Å²) in [4.78, 5) is 11.6. The van der Waals surface area contributed by atoms with E-state index in [1.54, 1.807) is 0 Å². The van der Waals surface area contributed by atoms with Crippen LogP contribution in [-0.2, 0) is 22.6 Å². The summed E-state index contributed by atoms with van der Waals surface area (Å²) in [6, 6.07) is 11.8. The Labute approximate surface area is 155 Å². The van der Waals surface area contributed by atoms with Crippen LogP contribution in [-0.4, -0.2) is 24.8 Å². The number of aliphatic hydroxyl groups is 1. The number of carbonyl (C=O) groups excluding carboxylic acids is 1. The number of benzene rings is 2. The average Bonchev–Trinajstić information content (AvgIpc) is 2.76. The van der Waals surface area contributed by atoms with Gasteiger partial charge in [0, 0.05) is 16.6 Å². The van der Waals surface area contributed by atoms with E-state index in [1.807, 2.05) is 36.4 Å². The molecule has 1 heterocycles. The molecule has 5 heteroatoms. The molecule has 0 atom stereocenters. The smallest absolute Gasteiger partial charge is 0.309 e. The van der Waals surface area contributed by atoms with Crippen molar-refractivity contribution in [2.24, 2.45) is 0 Å². The van der Waals surface area contributed by atoms with Crippen molar-refractivity contribution < 1.29 is 19.4 Å². The first-order chi connectivity index (χ1) is 12.1. The lowest BCUT2D eigenvalue weighted by atomic mass is 9.92. The van der Waals surface area contributed by atoms with E-state index in [9.17, 15) is 9.90 Å².